The second-order valence-electron chi connectivity index (χ2n) is 34.7. The number of nitrogens with zero attached hydrogens (tertiary/aromatic N) is 16. The zero-order valence-electron chi connectivity index (χ0n) is 65.9. The van der Waals surface area contributed by atoms with Crippen LogP contribution >= 0.6 is 0 Å². The first-order valence-electron chi connectivity index (χ1n) is 39.7. The molecule has 103 heavy (non-hydrogen) atoms. The van der Waals surface area contributed by atoms with Gasteiger partial charge in [-0.25, -0.2) is 0 Å². The summed E-state index contributed by atoms with van der Waals surface area (Å²) in [6, 6.07) is 13.6. The van der Waals surface area contributed by atoms with Gasteiger partial charge in [0.2, 0.25) is 0 Å². The van der Waals surface area contributed by atoms with Gasteiger partial charge in [0.15, 0.2) is 0 Å². The zero-order valence-corrected chi connectivity index (χ0v) is 65.9. The van der Waals surface area contributed by atoms with E-state index < -0.39 is 0 Å². The average Bonchev–Trinajstić information content (AvgIpc) is 1.58. The summed E-state index contributed by atoms with van der Waals surface area (Å²) in [4.78, 5) is 41.2. The number of hydrogen-bond donors (Lipinski definition) is 0. The van der Waals surface area contributed by atoms with E-state index in [0.717, 1.165) is 103 Å². The lowest BCUT2D eigenvalue weighted by Crippen LogP contribution is -2.62. The van der Waals surface area contributed by atoms with E-state index in [4.69, 9.17) is 0 Å². The summed E-state index contributed by atoms with van der Waals surface area (Å²) in [7, 11) is 15.8. The van der Waals surface area contributed by atoms with Crippen molar-refractivity contribution in [1.82, 2.24) is 78.4 Å². The highest BCUT2D eigenvalue weighted by Gasteiger charge is 2.50. The van der Waals surface area contributed by atoms with Crippen molar-refractivity contribution in [2.75, 3.05) is 200 Å². The molecule has 1 spiro atoms. The summed E-state index contributed by atoms with van der Waals surface area (Å²) in [5, 5.41) is 0. The molecular weight excluding hydrogens is 1270 g/mol. The molecule has 13 aliphatic heterocycles. The predicted octanol–water partition coefficient (Wildman–Crippen LogP) is 15.1. The van der Waals surface area contributed by atoms with Crippen LogP contribution in [0.25, 0.3) is 0 Å². The van der Waals surface area contributed by atoms with Gasteiger partial charge in [-0.1, -0.05) is 87.1 Å². The molecule has 15 rings (SSSR count). The van der Waals surface area contributed by atoms with Gasteiger partial charge in [-0.15, -0.1) is 0 Å². The number of hydrogen-bond acceptors (Lipinski definition) is 16. The summed E-state index contributed by atoms with van der Waals surface area (Å²) in [6.45, 7) is 66.2. The van der Waals surface area contributed by atoms with E-state index in [1.165, 1.54) is 234 Å². The number of fused-ring (bicyclic) bond motifs is 10. The van der Waals surface area contributed by atoms with Crippen molar-refractivity contribution >= 4 is 0 Å². The third kappa shape index (κ3) is 31.8. The highest BCUT2D eigenvalue weighted by atomic mass is 15.4. The molecule has 8 bridgehead atoms. The molecule has 2 aliphatic carbocycles. The largest absolute Gasteiger partial charge is 0.304 e. The Kier molecular flexibility index (Phi) is 54.7. The summed E-state index contributed by atoms with van der Waals surface area (Å²) in [5.74, 6) is 0. The third-order valence-corrected chi connectivity index (χ3v) is 25.8. The molecule has 16 nitrogen and oxygen atoms in total. The maximum Gasteiger partial charge on any atom is 0.0335 e. The van der Waals surface area contributed by atoms with Crippen LogP contribution in [0.5, 0.6) is 0 Å². The first-order valence-corrected chi connectivity index (χ1v) is 39.7. The third-order valence-electron chi connectivity index (χ3n) is 25.8. The van der Waals surface area contributed by atoms with Crippen molar-refractivity contribution in [1.29, 1.82) is 0 Å². The van der Waals surface area contributed by atoms with Crippen molar-refractivity contribution in [3.05, 3.63) is 0 Å². The second kappa shape index (κ2) is 51.8. The van der Waals surface area contributed by atoms with Crippen molar-refractivity contribution in [3.63, 3.8) is 0 Å². The summed E-state index contributed by atoms with van der Waals surface area (Å²) < 4.78 is 0. The summed E-state index contributed by atoms with van der Waals surface area (Å²) >= 11 is 0. The molecule has 0 aromatic rings. The molecule has 15 aliphatic rings. The number of rotatable bonds is 8. The fourth-order valence-corrected chi connectivity index (χ4v) is 18.6. The summed E-state index contributed by atoms with van der Waals surface area (Å²) in [6.07, 6.45) is 18.5. The quantitative estimate of drug-likeness (QED) is 0.232. The van der Waals surface area contributed by atoms with Crippen LogP contribution in [0.3, 0.4) is 0 Å². The molecule has 2 saturated carbocycles. The molecule has 10 atom stereocenters. The van der Waals surface area contributed by atoms with Crippen LogP contribution in [-0.2, 0) is 0 Å². The number of piperazine rings is 8. The maximum atomic E-state index is 2.73. The monoisotopic (exact) mass is 1470 g/mol. The topological polar surface area (TPSA) is 51.8 Å². The van der Waals surface area contributed by atoms with E-state index in [0.29, 0.717) is 5.54 Å². The number of likely N-dealkylation sites (tertiary alicyclic amines) is 3. The minimum Gasteiger partial charge on any atom is -0.304 e. The van der Waals surface area contributed by atoms with Crippen molar-refractivity contribution in [2.45, 2.75) is 377 Å². The van der Waals surface area contributed by atoms with E-state index in [1.54, 1.807) is 0 Å². The van der Waals surface area contributed by atoms with Crippen LogP contribution in [0, 0.1) is 0 Å². The fraction of sp³-hybridized carbons (Fsp3) is 1.00. The minimum absolute atomic E-state index is 0. The van der Waals surface area contributed by atoms with E-state index in [9.17, 15) is 0 Å². The van der Waals surface area contributed by atoms with Crippen LogP contribution in [-0.4, -0.2) is 387 Å². The predicted molar refractivity (Wildman–Crippen MR) is 468 cm³/mol. The normalized spacial score (nSPS) is 30.4. The average molecular weight is 1470 g/mol. The maximum absolute atomic E-state index is 2.73. The molecule has 13 saturated heterocycles. The summed E-state index contributed by atoms with van der Waals surface area (Å²) in [5.41, 5.74) is 0.600. The van der Waals surface area contributed by atoms with Crippen LogP contribution in [0.4, 0.5) is 0 Å². The highest BCUT2D eigenvalue weighted by Crippen LogP contribution is 2.43. The Morgan fingerprint density at radius 2 is 0.660 bits per heavy atom. The van der Waals surface area contributed by atoms with Gasteiger partial charge in [0, 0.05) is 252 Å². The molecule has 10 unspecified atom stereocenters. The minimum atomic E-state index is 0. The Labute approximate surface area is 651 Å². The fourth-order valence-electron chi connectivity index (χ4n) is 18.6. The molecular formula is C87H198N16. The molecule has 0 amide bonds. The highest BCUT2D eigenvalue weighted by molar-refractivity contribution is 5.08. The van der Waals surface area contributed by atoms with Gasteiger partial charge in [0.25, 0.3) is 0 Å². The first-order chi connectivity index (χ1) is 44.1. The standard InChI is InChI=1S/C12H24N2.4C10H20N2.C9H18N2.2C8H18N2.10CH4/c1-10(2)14-9-8-13(3)11-6-4-5-7-12(11)14;1-8(2)12-7-9-4-5-10(12)6-11(9)3;1-8(2)12-6-9-4-5-10(7-12)11(9)3;1-9(2)12-7-6-11(3)10(8-12)4-5-10;1-9(2)12-7-6-11-5-3-4-10(12)8-11;1-7(2)11-6-8-4-9(11)5-10(8)3;2*1-8(2)10-6-4-9(3)5-7-10;;;;;;;;;;/h10-12H,4-9H2,1-3H3;2*8-10H,4-7H2,1-3H3;9H,4-8H2,1-3H3;9-10H,3-8H2,1-2H3;7-9H,4-6H2,1-3H3;2*8H,4-7H2,1-3H3;10*1H4. The van der Waals surface area contributed by atoms with E-state index in [-0.39, 0.29) is 74.3 Å². The Bertz CT molecular complexity index is 1970. The SMILES string of the molecule is C.C.C.C.C.C.C.C.C.C.CC(C)N1CC2CC1CN2C.CC(C)N1CC2CCC(C1)N2C.CC(C)N1CC2CCC1CN2C.CC(C)N1CCN(C)C2(CC2)C1.CC(C)N1CCN(C)C2CCCCC21.CC(C)N1CCN(C)CC1.CC(C)N1CCN(C)CC1.CC(C)N1CCN2CCCC1C2. The lowest BCUT2D eigenvalue weighted by molar-refractivity contribution is -0.0231. The van der Waals surface area contributed by atoms with E-state index in [2.05, 4.69) is 239 Å². The van der Waals surface area contributed by atoms with Crippen LogP contribution in [0.2, 0.25) is 0 Å². The van der Waals surface area contributed by atoms with Gasteiger partial charge >= 0.3 is 0 Å². The second-order valence-corrected chi connectivity index (χ2v) is 34.7. The molecule has 0 aromatic carbocycles. The Balaban J connectivity index is -0.000000537. The molecule has 0 N–H and O–H groups in total. The van der Waals surface area contributed by atoms with Gasteiger partial charge in [-0.2, -0.15) is 0 Å². The van der Waals surface area contributed by atoms with Crippen LogP contribution in [0.1, 0.15) is 269 Å². The molecule has 15 fully saturated rings. The Morgan fingerprint density at radius 3 is 1.07 bits per heavy atom. The molecule has 13 heterocycles. The van der Waals surface area contributed by atoms with Gasteiger partial charge in [0.05, 0.1) is 0 Å². The van der Waals surface area contributed by atoms with Crippen LogP contribution < -0.4 is 0 Å². The number of piperidine rings is 3. The van der Waals surface area contributed by atoms with Gasteiger partial charge in [-0.05, 0) is 237 Å². The van der Waals surface area contributed by atoms with Crippen molar-refractivity contribution < 1.29 is 0 Å². The van der Waals surface area contributed by atoms with Crippen molar-refractivity contribution in [2.24, 2.45) is 0 Å². The molecule has 0 radical (unpaired) electrons. The lowest BCUT2D eigenvalue weighted by atomic mass is 9.86. The van der Waals surface area contributed by atoms with Gasteiger partial charge in [-0.3, -0.25) is 49.0 Å². The molecule has 626 valence electrons. The van der Waals surface area contributed by atoms with Crippen LogP contribution in [0.15, 0.2) is 0 Å². The smallest absolute Gasteiger partial charge is 0.0335 e. The van der Waals surface area contributed by atoms with Gasteiger partial charge in [0.1, 0.15) is 0 Å². The first kappa shape index (κ1) is 109. The lowest BCUT2D eigenvalue weighted by Gasteiger charge is -2.52. The Morgan fingerprint density at radius 1 is 0.262 bits per heavy atom. The zero-order chi connectivity index (χ0) is 68.0. The Hall–Kier alpha value is -0.640. The van der Waals surface area contributed by atoms with E-state index >= 15 is 0 Å². The molecule has 0 aromatic heterocycles. The molecule has 16 heteroatoms. The van der Waals surface area contributed by atoms with Gasteiger partial charge < -0.3 is 29.4 Å². The van der Waals surface area contributed by atoms with E-state index in [1.807, 2.05) is 0 Å². The number of likely N-dealkylation sites (N-methyl/N-ethyl adjacent to an activating group) is 7. The van der Waals surface area contributed by atoms with Crippen molar-refractivity contribution in [3.8, 4) is 0 Å².